The summed E-state index contributed by atoms with van der Waals surface area (Å²) in [5, 5.41) is 3.05. The second kappa shape index (κ2) is 10.3. The molecule has 2 saturated heterocycles. The van der Waals surface area contributed by atoms with Gasteiger partial charge < -0.3 is 19.9 Å². The molecule has 1 amide bonds. The molecule has 1 saturated carbocycles. The van der Waals surface area contributed by atoms with Gasteiger partial charge in [0, 0.05) is 42.6 Å². The van der Waals surface area contributed by atoms with Crippen LogP contribution in [-0.4, -0.2) is 49.1 Å². The third kappa shape index (κ3) is 6.07. The largest absolute Gasteiger partial charge is 0.374 e. The molecule has 0 aromatic heterocycles. The molecule has 3 fully saturated rings. The van der Waals surface area contributed by atoms with Crippen LogP contribution in [0, 0.1) is 11.3 Å². The van der Waals surface area contributed by atoms with Gasteiger partial charge in [-0.15, -0.1) is 0 Å². The van der Waals surface area contributed by atoms with Gasteiger partial charge in [0.05, 0.1) is 12.7 Å². The zero-order valence-electron chi connectivity index (χ0n) is 21.6. The first kappa shape index (κ1) is 24.3. The van der Waals surface area contributed by atoms with E-state index in [0.29, 0.717) is 29.7 Å². The zero-order valence-corrected chi connectivity index (χ0v) is 21.6. The van der Waals surface area contributed by atoms with E-state index in [9.17, 15) is 4.79 Å². The van der Waals surface area contributed by atoms with Gasteiger partial charge in [0.1, 0.15) is 0 Å². The van der Waals surface area contributed by atoms with Crippen molar-refractivity contribution in [3.63, 3.8) is 0 Å². The molecule has 35 heavy (non-hydrogen) atoms. The number of benzene rings is 2. The summed E-state index contributed by atoms with van der Waals surface area (Å²) in [5.41, 5.74) is 4.29. The van der Waals surface area contributed by atoms with Crippen molar-refractivity contribution < 1.29 is 9.53 Å². The SMILES string of the molecule is CC(C)(C)CCN1C[C@H]2CCN(c3ccc(NC(=O)c4ccc(COC5CCC5)cc4)cc3)[C@H]2C1. The number of carbonyl (C=O) groups is 1. The number of fused-ring (bicyclic) bond motifs is 1. The summed E-state index contributed by atoms with van der Waals surface area (Å²) in [5.74, 6) is 0.701. The third-order valence-corrected chi connectivity index (χ3v) is 8.01. The Labute approximate surface area is 210 Å². The average molecular weight is 476 g/mol. The van der Waals surface area contributed by atoms with Crippen LogP contribution in [0.1, 0.15) is 68.8 Å². The second-order valence-corrected chi connectivity index (χ2v) is 11.9. The number of carbonyl (C=O) groups excluding carboxylic acids is 1. The van der Waals surface area contributed by atoms with E-state index in [-0.39, 0.29) is 5.91 Å². The third-order valence-electron chi connectivity index (χ3n) is 8.01. The maximum Gasteiger partial charge on any atom is 0.255 e. The van der Waals surface area contributed by atoms with Crippen LogP contribution in [0.3, 0.4) is 0 Å². The lowest BCUT2D eigenvalue weighted by Gasteiger charge is -2.28. The van der Waals surface area contributed by atoms with Crippen LogP contribution in [-0.2, 0) is 11.3 Å². The lowest BCUT2D eigenvalue weighted by atomic mass is 9.92. The number of hydrogen-bond acceptors (Lipinski definition) is 4. The van der Waals surface area contributed by atoms with Gasteiger partial charge in [-0.25, -0.2) is 0 Å². The molecule has 0 unspecified atom stereocenters. The highest BCUT2D eigenvalue weighted by atomic mass is 16.5. The van der Waals surface area contributed by atoms with Gasteiger partial charge in [-0.3, -0.25) is 4.79 Å². The molecule has 2 heterocycles. The number of rotatable bonds is 8. The Morgan fingerprint density at radius 1 is 1.00 bits per heavy atom. The van der Waals surface area contributed by atoms with Crippen molar-refractivity contribution in [3.05, 3.63) is 59.7 Å². The van der Waals surface area contributed by atoms with Crippen molar-refractivity contribution in [2.24, 2.45) is 11.3 Å². The molecule has 5 heteroatoms. The Balaban J connectivity index is 1.13. The maximum atomic E-state index is 12.7. The minimum Gasteiger partial charge on any atom is -0.374 e. The Morgan fingerprint density at radius 3 is 2.40 bits per heavy atom. The highest BCUT2D eigenvalue weighted by Crippen LogP contribution is 2.36. The Bertz CT molecular complexity index is 992. The van der Waals surface area contributed by atoms with Gasteiger partial charge >= 0.3 is 0 Å². The van der Waals surface area contributed by atoms with E-state index < -0.39 is 0 Å². The molecule has 2 aromatic rings. The van der Waals surface area contributed by atoms with E-state index in [4.69, 9.17) is 4.74 Å². The van der Waals surface area contributed by atoms with Crippen LogP contribution in [0.2, 0.25) is 0 Å². The number of nitrogens with one attached hydrogen (secondary N) is 1. The second-order valence-electron chi connectivity index (χ2n) is 11.9. The van der Waals surface area contributed by atoms with Crippen LogP contribution >= 0.6 is 0 Å². The van der Waals surface area contributed by atoms with Crippen molar-refractivity contribution in [2.75, 3.05) is 36.4 Å². The number of amides is 1. The molecular formula is C30H41N3O2. The fourth-order valence-electron chi connectivity index (χ4n) is 5.49. The Hall–Kier alpha value is -2.37. The minimum absolute atomic E-state index is 0.0734. The first-order valence-electron chi connectivity index (χ1n) is 13.4. The topological polar surface area (TPSA) is 44.8 Å². The summed E-state index contributed by atoms with van der Waals surface area (Å²) in [6, 6.07) is 16.8. The Morgan fingerprint density at radius 2 is 1.74 bits per heavy atom. The highest BCUT2D eigenvalue weighted by Gasteiger charge is 2.41. The average Bonchev–Trinajstić information content (AvgIpc) is 3.38. The molecule has 5 nitrogen and oxygen atoms in total. The van der Waals surface area contributed by atoms with E-state index >= 15 is 0 Å². The van der Waals surface area contributed by atoms with Crippen molar-refractivity contribution in [3.8, 4) is 0 Å². The minimum atomic E-state index is -0.0734. The van der Waals surface area contributed by atoms with Crippen LogP contribution in [0.25, 0.3) is 0 Å². The molecule has 0 bridgehead atoms. The van der Waals surface area contributed by atoms with Crippen molar-refractivity contribution in [1.82, 2.24) is 4.90 Å². The summed E-state index contributed by atoms with van der Waals surface area (Å²) in [7, 11) is 0. The number of ether oxygens (including phenoxy) is 1. The molecule has 0 spiro atoms. The lowest BCUT2D eigenvalue weighted by molar-refractivity contribution is -0.00866. The zero-order chi connectivity index (χ0) is 24.4. The molecule has 1 N–H and O–H groups in total. The number of hydrogen-bond donors (Lipinski definition) is 1. The van der Waals surface area contributed by atoms with Gasteiger partial charge in [0.15, 0.2) is 0 Å². The molecular weight excluding hydrogens is 434 g/mol. The van der Waals surface area contributed by atoms with Crippen LogP contribution in [0.15, 0.2) is 48.5 Å². The van der Waals surface area contributed by atoms with Crippen molar-refractivity contribution >= 4 is 17.3 Å². The molecule has 1 aliphatic carbocycles. The summed E-state index contributed by atoms with van der Waals surface area (Å²) >= 11 is 0. The Kier molecular flexibility index (Phi) is 7.17. The highest BCUT2D eigenvalue weighted by molar-refractivity contribution is 6.04. The van der Waals surface area contributed by atoms with Crippen LogP contribution < -0.4 is 10.2 Å². The molecule has 2 aromatic carbocycles. The lowest BCUT2D eigenvalue weighted by Crippen LogP contribution is -2.35. The molecule has 3 aliphatic rings. The predicted octanol–water partition coefficient (Wildman–Crippen LogP) is 5.95. The van der Waals surface area contributed by atoms with Gasteiger partial charge in [-0.1, -0.05) is 32.9 Å². The molecule has 5 rings (SSSR count). The first-order chi connectivity index (χ1) is 16.8. The monoisotopic (exact) mass is 475 g/mol. The maximum absolute atomic E-state index is 12.7. The number of anilines is 2. The molecule has 0 radical (unpaired) electrons. The number of nitrogens with zero attached hydrogens (tertiary/aromatic N) is 2. The van der Waals surface area contributed by atoms with Crippen LogP contribution in [0.5, 0.6) is 0 Å². The fraction of sp³-hybridized carbons (Fsp3) is 0.567. The number of likely N-dealkylation sites (tertiary alicyclic amines) is 1. The van der Waals surface area contributed by atoms with Crippen LogP contribution in [0.4, 0.5) is 11.4 Å². The summed E-state index contributed by atoms with van der Waals surface area (Å²) in [4.78, 5) is 18.0. The van der Waals surface area contributed by atoms with Gasteiger partial charge in [-0.2, -0.15) is 0 Å². The van der Waals surface area contributed by atoms with Gasteiger partial charge in [0.2, 0.25) is 0 Å². The summed E-state index contributed by atoms with van der Waals surface area (Å²) in [6.45, 7) is 12.3. The van der Waals surface area contributed by atoms with Gasteiger partial charge in [0.25, 0.3) is 5.91 Å². The van der Waals surface area contributed by atoms with Crippen molar-refractivity contribution in [2.45, 2.75) is 71.6 Å². The van der Waals surface area contributed by atoms with Crippen molar-refractivity contribution in [1.29, 1.82) is 0 Å². The normalized spacial score (nSPS) is 22.8. The smallest absolute Gasteiger partial charge is 0.255 e. The molecule has 188 valence electrons. The summed E-state index contributed by atoms with van der Waals surface area (Å²) < 4.78 is 5.86. The molecule has 2 atom stereocenters. The fourth-order valence-corrected chi connectivity index (χ4v) is 5.49. The van der Waals surface area contributed by atoms with E-state index in [2.05, 4.69) is 48.0 Å². The predicted molar refractivity (Wildman–Crippen MR) is 143 cm³/mol. The van der Waals surface area contributed by atoms with Gasteiger partial charge in [-0.05, 0) is 91.9 Å². The van der Waals surface area contributed by atoms with E-state index in [1.54, 1.807) is 0 Å². The summed E-state index contributed by atoms with van der Waals surface area (Å²) in [6.07, 6.45) is 6.57. The van der Waals surface area contributed by atoms with E-state index in [1.165, 1.54) is 57.4 Å². The first-order valence-corrected chi connectivity index (χ1v) is 13.4. The molecule has 2 aliphatic heterocycles. The van der Waals surface area contributed by atoms with E-state index in [0.717, 1.165) is 23.7 Å². The van der Waals surface area contributed by atoms with E-state index in [1.807, 2.05) is 36.4 Å². The standard InChI is InChI=1S/C30H41N3O2/c1-30(2,3)16-18-32-19-24-15-17-33(28(24)20-32)26-13-11-25(12-14-26)31-29(34)23-9-7-22(8-10-23)21-35-27-5-4-6-27/h7-14,24,27-28H,4-6,15-21H2,1-3H3,(H,31,34)/t24-,28+/m1/s1. The quantitative estimate of drug-likeness (QED) is 0.512.